The lowest BCUT2D eigenvalue weighted by atomic mass is 10.00. The molecule has 1 aromatic rings. The van der Waals surface area contributed by atoms with E-state index in [9.17, 15) is 14.6 Å². The Hall–Kier alpha value is -0.960. The van der Waals surface area contributed by atoms with Crippen molar-refractivity contribution in [3.63, 3.8) is 0 Å². The maximum absolute atomic E-state index is 13.6. The van der Waals surface area contributed by atoms with Crippen LogP contribution in [0.1, 0.15) is 23.7 Å². The maximum Gasteiger partial charge on any atom is 0.129 e. The van der Waals surface area contributed by atoms with Gasteiger partial charge >= 0.3 is 0 Å². The van der Waals surface area contributed by atoms with E-state index in [0.29, 0.717) is 17.3 Å². The molecule has 0 fully saturated rings. The van der Waals surface area contributed by atoms with Crippen LogP contribution in [0, 0.1) is 17.1 Å². The van der Waals surface area contributed by atoms with Gasteiger partial charge in [-0.1, -0.05) is 28.1 Å². The molecule has 0 aromatic heterocycles. The summed E-state index contributed by atoms with van der Waals surface area (Å²) >= 11 is 3.14. The van der Waals surface area contributed by atoms with Crippen LogP contribution < -0.4 is 0 Å². The van der Waals surface area contributed by atoms with Crippen LogP contribution in [0.2, 0.25) is 0 Å². The third-order valence-corrected chi connectivity index (χ3v) is 2.89. The lowest BCUT2D eigenvalue weighted by molar-refractivity contribution is 0.0153. The van der Waals surface area contributed by atoms with Crippen LogP contribution >= 0.6 is 15.9 Å². The first-order valence-electron chi connectivity index (χ1n) is 5.17. The third-order valence-electron chi connectivity index (χ3n) is 2.44. The van der Waals surface area contributed by atoms with Gasteiger partial charge in [-0.25, -0.2) is 4.39 Å². The van der Waals surface area contributed by atoms with Crippen molar-refractivity contribution in [3.05, 3.63) is 35.1 Å². The zero-order chi connectivity index (χ0) is 12.8. The van der Waals surface area contributed by atoms with Crippen LogP contribution in [0.3, 0.4) is 0 Å². The van der Waals surface area contributed by atoms with Crippen molar-refractivity contribution < 1.29 is 14.6 Å². The first-order chi connectivity index (χ1) is 8.10. The Bertz CT molecular complexity index is 419. The topological polar surface area (TPSA) is 64.2 Å². The minimum absolute atomic E-state index is 0.0557. The first kappa shape index (κ1) is 14.1. The van der Waals surface area contributed by atoms with Gasteiger partial charge in [0.2, 0.25) is 0 Å². The van der Waals surface area contributed by atoms with Crippen LogP contribution in [0.25, 0.3) is 0 Å². The number of alkyl halides is 1. The van der Waals surface area contributed by atoms with Gasteiger partial charge in [0, 0.05) is 10.9 Å². The van der Waals surface area contributed by atoms with Crippen molar-refractivity contribution in [3.8, 4) is 6.07 Å². The van der Waals surface area contributed by atoms with Crippen molar-refractivity contribution in [1.29, 1.82) is 5.26 Å². The normalized spacial score (nSPS) is 14.1. The molecule has 2 N–H and O–H groups in total. The lowest BCUT2D eigenvalue weighted by Gasteiger charge is -2.18. The van der Waals surface area contributed by atoms with Gasteiger partial charge in [0.15, 0.2) is 0 Å². The third kappa shape index (κ3) is 3.77. The van der Waals surface area contributed by atoms with Crippen molar-refractivity contribution in [2.75, 3.05) is 5.33 Å². The summed E-state index contributed by atoms with van der Waals surface area (Å²) in [5, 5.41) is 28.3. The monoisotopic (exact) mass is 301 g/mol. The van der Waals surface area contributed by atoms with Gasteiger partial charge in [0.05, 0.1) is 18.6 Å². The molecule has 5 heteroatoms. The molecule has 1 rings (SSSR count). The van der Waals surface area contributed by atoms with Gasteiger partial charge in [-0.3, -0.25) is 0 Å². The van der Waals surface area contributed by atoms with Crippen LogP contribution in [0.4, 0.5) is 4.39 Å². The maximum atomic E-state index is 13.6. The van der Waals surface area contributed by atoms with Crippen molar-refractivity contribution >= 4 is 15.9 Å². The molecule has 0 aliphatic heterocycles. The van der Waals surface area contributed by atoms with E-state index in [1.165, 1.54) is 12.1 Å². The van der Waals surface area contributed by atoms with Crippen molar-refractivity contribution in [1.82, 2.24) is 0 Å². The molecule has 0 spiro atoms. The summed E-state index contributed by atoms with van der Waals surface area (Å²) < 4.78 is 13.6. The summed E-state index contributed by atoms with van der Waals surface area (Å²) in [5.74, 6) is -0.598. The number of benzene rings is 1. The Balaban J connectivity index is 2.88. The van der Waals surface area contributed by atoms with E-state index >= 15 is 0 Å². The average Bonchev–Trinajstić information content (AvgIpc) is 2.29. The van der Waals surface area contributed by atoms with Gasteiger partial charge in [-0.15, -0.1) is 0 Å². The molecule has 92 valence electrons. The Morgan fingerprint density at radius 1 is 1.41 bits per heavy atom. The van der Waals surface area contributed by atoms with Crippen LogP contribution in [0.5, 0.6) is 0 Å². The predicted molar refractivity (Wildman–Crippen MR) is 65.1 cm³/mol. The zero-order valence-electron chi connectivity index (χ0n) is 9.11. The molecule has 0 bridgehead atoms. The lowest BCUT2D eigenvalue weighted by Crippen LogP contribution is -2.19. The van der Waals surface area contributed by atoms with E-state index in [4.69, 9.17) is 5.26 Å². The fourth-order valence-corrected chi connectivity index (χ4v) is 1.96. The van der Waals surface area contributed by atoms with Gasteiger partial charge < -0.3 is 10.2 Å². The van der Waals surface area contributed by atoms with Crippen molar-refractivity contribution in [2.45, 2.75) is 25.0 Å². The molecule has 3 nitrogen and oxygen atoms in total. The zero-order valence-corrected chi connectivity index (χ0v) is 10.7. The van der Waals surface area contributed by atoms with Crippen molar-refractivity contribution in [2.24, 2.45) is 0 Å². The molecule has 0 saturated heterocycles. The fraction of sp³-hybridized carbons (Fsp3) is 0.417. The highest BCUT2D eigenvalue weighted by Crippen LogP contribution is 2.23. The summed E-state index contributed by atoms with van der Waals surface area (Å²) in [6, 6.07) is 6.11. The summed E-state index contributed by atoms with van der Waals surface area (Å²) in [6.45, 7) is 0. The van der Waals surface area contributed by atoms with Crippen LogP contribution in [-0.2, 0) is 6.42 Å². The highest BCUT2D eigenvalue weighted by Gasteiger charge is 2.21. The van der Waals surface area contributed by atoms with E-state index in [1.807, 2.05) is 6.07 Å². The van der Waals surface area contributed by atoms with E-state index < -0.39 is 18.0 Å². The minimum atomic E-state index is -1.25. The molecule has 1 aromatic carbocycles. The first-order valence-corrected chi connectivity index (χ1v) is 6.29. The second-order valence-electron chi connectivity index (χ2n) is 3.68. The molecular weight excluding hydrogens is 289 g/mol. The predicted octanol–water partition coefficient (Wildman–Crippen LogP) is 2.07. The number of aliphatic hydroxyl groups excluding tert-OH is 2. The van der Waals surface area contributed by atoms with E-state index in [1.54, 1.807) is 6.07 Å². The molecule has 2 unspecified atom stereocenters. The number of rotatable bonds is 5. The second kappa shape index (κ2) is 6.70. The molecule has 0 heterocycles. The molecule has 2 atom stereocenters. The number of nitrogens with zero attached hydrogens (tertiary/aromatic N) is 1. The number of aliphatic hydroxyl groups is 2. The number of halogens is 2. The molecular formula is C12H13BrFNO2. The SMILES string of the molecule is N#CCc1ccc(C(O)C(O)CCBr)c(F)c1. The van der Waals surface area contributed by atoms with Gasteiger partial charge in [0.25, 0.3) is 0 Å². The Kier molecular flexibility index (Phi) is 5.56. The molecule has 0 radical (unpaired) electrons. The van der Waals surface area contributed by atoms with E-state index in [-0.39, 0.29) is 12.0 Å². The second-order valence-corrected chi connectivity index (χ2v) is 4.47. The summed E-state index contributed by atoms with van der Waals surface area (Å²) in [7, 11) is 0. The molecule has 0 amide bonds. The summed E-state index contributed by atoms with van der Waals surface area (Å²) in [5.41, 5.74) is 0.607. The quantitative estimate of drug-likeness (QED) is 0.818. The van der Waals surface area contributed by atoms with Crippen LogP contribution in [0.15, 0.2) is 18.2 Å². The Morgan fingerprint density at radius 3 is 2.65 bits per heavy atom. The number of hydrogen-bond acceptors (Lipinski definition) is 3. The summed E-state index contributed by atoms with van der Waals surface area (Å²) in [6.07, 6.45) is -1.80. The number of hydrogen-bond donors (Lipinski definition) is 2. The number of nitriles is 1. The molecule has 17 heavy (non-hydrogen) atoms. The standard InChI is InChI=1S/C12H13BrFNO2/c13-5-3-11(16)12(17)9-2-1-8(4-6-15)7-10(9)14/h1-2,7,11-12,16-17H,3-5H2. The summed E-state index contributed by atoms with van der Waals surface area (Å²) in [4.78, 5) is 0. The van der Waals surface area contributed by atoms with Crippen LogP contribution in [-0.4, -0.2) is 21.6 Å². The van der Waals surface area contributed by atoms with E-state index in [0.717, 1.165) is 0 Å². The van der Waals surface area contributed by atoms with Gasteiger partial charge in [-0.2, -0.15) is 5.26 Å². The Labute approximate surface area is 108 Å². The molecule has 0 saturated carbocycles. The minimum Gasteiger partial charge on any atom is -0.390 e. The highest BCUT2D eigenvalue weighted by atomic mass is 79.9. The highest BCUT2D eigenvalue weighted by molar-refractivity contribution is 9.09. The largest absolute Gasteiger partial charge is 0.390 e. The Morgan fingerprint density at radius 2 is 2.12 bits per heavy atom. The smallest absolute Gasteiger partial charge is 0.129 e. The molecule has 0 aliphatic rings. The van der Waals surface area contributed by atoms with E-state index in [2.05, 4.69) is 15.9 Å². The fourth-order valence-electron chi connectivity index (χ4n) is 1.49. The van der Waals surface area contributed by atoms with Gasteiger partial charge in [0.1, 0.15) is 11.9 Å². The van der Waals surface area contributed by atoms with Gasteiger partial charge in [-0.05, 0) is 18.1 Å². The average molecular weight is 302 g/mol. The molecule has 0 aliphatic carbocycles.